The molecule has 8 nitrogen and oxygen atoms in total. The fourth-order valence-electron chi connectivity index (χ4n) is 2.47. The van der Waals surface area contributed by atoms with Crippen LogP contribution in [-0.2, 0) is 0 Å². The highest BCUT2D eigenvalue weighted by atomic mass is 32.1. The molecule has 0 fully saturated rings. The van der Waals surface area contributed by atoms with Crippen molar-refractivity contribution in [3.63, 3.8) is 0 Å². The molecule has 1 amide bonds. The van der Waals surface area contributed by atoms with E-state index in [-0.39, 0.29) is 11.4 Å². The highest BCUT2D eigenvalue weighted by Gasteiger charge is 2.14. The Morgan fingerprint density at radius 3 is 2.82 bits per heavy atom. The molecule has 0 unspecified atom stereocenters. The summed E-state index contributed by atoms with van der Waals surface area (Å²) >= 11 is 1.40. The molecule has 0 aromatic carbocycles. The number of pyridine rings is 1. The van der Waals surface area contributed by atoms with Gasteiger partial charge in [0.15, 0.2) is 16.6 Å². The van der Waals surface area contributed by atoms with Gasteiger partial charge in [-0.05, 0) is 25.1 Å². The summed E-state index contributed by atoms with van der Waals surface area (Å²) in [7, 11) is 0. The van der Waals surface area contributed by atoms with Crippen LogP contribution in [0, 0.1) is 6.92 Å². The lowest BCUT2D eigenvalue weighted by atomic mass is 10.3. The molecule has 11 heteroatoms. The van der Waals surface area contributed by atoms with Gasteiger partial charge < -0.3 is 4.74 Å². The number of aromatic nitrogens is 5. The number of hydrogen-bond acceptors (Lipinski definition) is 7. The number of aryl methyl sites for hydroxylation is 1. The zero-order valence-electron chi connectivity index (χ0n) is 14.3. The molecule has 28 heavy (non-hydrogen) atoms. The number of rotatable bonds is 4. The van der Waals surface area contributed by atoms with Gasteiger partial charge >= 0.3 is 6.09 Å². The molecule has 0 saturated carbocycles. The topological polar surface area (TPSA) is 94.8 Å². The van der Waals surface area contributed by atoms with Crippen LogP contribution >= 0.6 is 11.3 Å². The Hall–Kier alpha value is -3.47. The van der Waals surface area contributed by atoms with E-state index in [1.807, 2.05) is 5.38 Å². The van der Waals surface area contributed by atoms with E-state index in [4.69, 9.17) is 4.74 Å². The summed E-state index contributed by atoms with van der Waals surface area (Å²) < 4.78 is 32.1. The fourth-order valence-corrected chi connectivity index (χ4v) is 3.04. The molecular formula is C17H12F2N6O2S. The zero-order chi connectivity index (χ0) is 19.7. The molecule has 4 heterocycles. The lowest BCUT2D eigenvalue weighted by molar-refractivity contribution is 0.146. The molecule has 4 rings (SSSR count). The first-order chi connectivity index (χ1) is 13.5. The molecule has 0 atom stereocenters. The van der Waals surface area contributed by atoms with Crippen molar-refractivity contribution in [1.29, 1.82) is 0 Å². The summed E-state index contributed by atoms with van der Waals surface area (Å²) in [5.41, 5.74) is 3.41. The largest absolute Gasteiger partial charge is 0.432 e. The number of nitrogens with one attached hydrogen (secondary N) is 1. The van der Waals surface area contributed by atoms with Crippen LogP contribution in [0.3, 0.4) is 0 Å². The van der Waals surface area contributed by atoms with Crippen LogP contribution in [0.2, 0.25) is 0 Å². The van der Waals surface area contributed by atoms with Crippen LogP contribution in [0.5, 0.6) is 5.75 Å². The van der Waals surface area contributed by atoms with Crippen LogP contribution in [0.1, 0.15) is 17.8 Å². The molecule has 0 aliphatic rings. The second-order valence-corrected chi connectivity index (χ2v) is 6.50. The summed E-state index contributed by atoms with van der Waals surface area (Å²) in [4.78, 5) is 28.6. The Kier molecular flexibility index (Phi) is 4.65. The van der Waals surface area contributed by atoms with Crippen molar-refractivity contribution >= 4 is 28.5 Å². The number of ether oxygens (including phenoxy) is 1. The van der Waals surface area contributed by atoms with Crippen LogP contribution in [0.4, 0.5) is 13.6 Å². The van der Waals surface area contributed by atoms with Gasteiger partial charge in [-0.1, -0.05) is 0 Å². The molecule has 0 aliphatic carbocycles. The van der Waals surface area contributed by atoms with Crippen LogP contribution in [0.25, 0.3) is 21.9 Å². The van der Waals surface area contributed by atoms with E-state index in [1.54, 1.807) is 13.1 Å². The lowest BCUT2D eigenvalue weighted by Crippen LogP contribution is -2.25. The number of halogens is 2. The predicted molar refractivity (Wildman–Crippen MR) is 98.0 cm³/mol. The minimum atomic E-state index is -2.67. The van der Waals surface area contributed by atoms with Crippen LogP contribution < -0.4 is 10.2 Å². The Morgan fingerprint density at radius 1 is 1.25 bits per heavy atom. The van der Waals surface area contributed by atoms with E-state index in [0.717, 1.165) is 0 Å². The molecule has 0 spiro atoms. The maximum absolute atomic E-state index is 12.7. The number of hydrogen-bond donors (Lipinski definition) is 1. The number of alkyl halides is 2. The van der Waals surface area contributed by atoms with E-state index in [2.05, 4.69) is 25.4 Å². The standard InChI is InChI=1S/C17H12F2N6O2S/c1-9-13(8-21-15(22-9)16-20-5-7-28-16)27-17(26)24-25-6-4-10-12(25)3-2-11(23-10)14(18)19/h2-8,14H,1H3,(H,24,26). The number of nitrogens with zero attached hydrogens (tertiary/aromatic N) is 5. The maximum atomic E-state index is 12.7. The monoisotopic (exact) mass is 402 g/mol. The van der Waals surface area contributed by atoms with Gasteiger partial charge in [0, 0.05) is 17.8 Å². The van der Waals surface area contributed by atoms with Gasteiger partial charge in [0.25, 0.3) is 6.43 Å². The van der Waals surface area contributed by atoms with Crippen molar-refractivity contribution in [2.45, 2.75) is 13.3 Å². The molecule has 0 saturated heterocycles. The molecule has 0 bridgehead atoms. The third-order valence-electron chi connectivity index (χ3n) is 3.76. The molecule has 4 aromatic heterocycles. The van der Waals surface area contributed by atoms with Crippen molar-refractivity contribution in [3.05, 3.63) is 53.6 Å². The van der Waals surface area contributed by atoms with E-state index < -0.39 is 12.5 Å². The van der Waals surface area contributed by atoms with E-state index in [9.17, 15) is 13.6 Å². The quantitative estimate of drug-likeness (QED) is 0.556. The SMILES string of the molecule is Cc1nc(-c2nccs2)ncc1OC(=O)Nn1ccc2nc(C(F)F)ccc21. The normalized spacial score (nSPS) is 11.1. The summed E-state index contributed by atoms with van der Waals surface area (Å²) in [6.45, 7) is 1.68. The van der Waals surface area contributed by atoms with E-state index >= 15 is 0 Å². The van der Waals surface area contributed by atoms with Gasteiger partial charge in [0.05, 0.1) is 22.9 Å². The Balaban J connectivity index is 1.49. The molecular weight excluding hydrogens is 390 g/mol. The van der Waals surface area contributed by atoms with Gasteiger partial charge in [-0.2, -0.15) is 0 Å². The third kappa shape index (κ3) is 3.51. The highest BCUT2D eigenvalue weighted by Crippen LogP contribution is 2.23. The Labute approximate surface area is 160 Å². The first-order valence-corrected chi connectivity index (χ1v) is 8.88. The highest BCUT2D eigenvalue weighted by molar-refractivity contribution is 7.12. The number of carbonyl (C=O) groups excluding carboxylic acids is 1. The van der Waals surface area contributed by atoms with Gasteiger partial charge in [-0.15, -0.1) is 11.3 Å². The zero-order valence-corrected chi connectivity index (χ0v) is 15.2. The molecule has 0 radical (unpaired) electrons. The average molecular weight is 402 g/mol. The second-order valence-electron chi connectivity index (χ2n) is 5.61. The minimum absolute atomic E-state index is 0.187. The Morgan fingerprint density at radius 2 is 2.11 bits per heavy atom. The second kappa shape index (κ2) is 7.27. The average Bonchev–Trinajstić information content (AvgIpc) is 3.33. The minimum Gasteiger partial charge on any atom is -0.406 e. The van der Waals surface area contributed by atoms with Crippen molar-refractivity contribution in [1.82, 2.24) is 24.6 Å². The molecule has 0 aliphatic heterocycles. The maximum Gasteiger partial charge on any atom is 0.432 e. The first kappa shape index (κ1) is 17.9. The van der Waals surface area contributed by atoms with Crippen molar-refractivity contribution in [3.8, 4) is 16.6 Å². The third-order valence-corrected chi connectivity index (χ3v) is 4.53. The van der Waals surface area contributed by atoms with Gasteiger partial charge in [-0.3, -0.25) is 4.68 Å². The summed E-state index contributed by atoms with van der Waals surface area (Å²) in [6.07, 6.45) is 1.08. The first-order valence-electron chi connectivity index (χ1n) is 8.00. The number of thiazole rings is 1. The number of carbonyl (C=O) groups is 1. The van der Waals surface area contributed by atoms with E-state index in [1.165, 1.54) is 46.6 Å². The molecule has 1 N–H and O–H groups in total. The number of amides is 1. The van der Waals surface area contributed by atoms with Crippen molar-refractivity contribution in [2.24, 2.45) is 0 Å². The van der Waals surface area contributed by atoms with E-state index in [0.29, 0.717) is 27.6 Å². The summed E-state index contributed by atoms with van der Waals surface area (Å²) in [5, 5.41) is 2.47. The summed E-state index contributed by atoms with van der Waals surface area (Å²) in [6, 6.07) is 4.16. The predicted octanol–water partition coefficient (Wildman–Crippen LogP) is 3.94. The van der Waals surface area contributed by atoms with Crippen LogP contribution in [-0.4, -0.2) is 30.7 Å². The van der Waals surface area contributed by atoms with Gasteiger partial charge in [0.1, 0.15) is 5.69 Å². The van der Waals surface area contributed by atoms with Gasteiger partial charge in [-0.25, -0.2) is 38.9 Å². The van der Waals surface area contributed by atoms with Gasteiger partial charge in [0.2, 0.25) is 0 Å². The fraction of sp³-hybridized carbons (Fsp3) is 0.118. The number of fused-ring (bicyclic) bond motifs is 1. The molecule has 142 valence electrons. The van der Waals surface area contributed by atoms with Crippen LogP contribution in [0.15, 0.2) is 42.2 Å². The van der Waals surface area contributed by atoms with Crippen molar-refractivity contribution in [2.75, 3.05) is 5.43 Å². The summed E-state index contributed by atoms with van der Waals surface area (Å²) in [5.74, 6) is 0.630. The molecule has 4 aromatic rings. The smallest absolute Gasteiger partial charge is 0.406 e. The van der Waals surface area contributed by atoms with Crippen molar-refractivity contribution < 1.29 is 18.3 Å². The lowest BCUT2D eigenvalue weighted by Gasteiger charge is -2.10. The Bertz CT molecular complexity index is 1150.